The Labute approximate surface area is 58.0 Å². The SMILES string of the molecule is N[C@H]1[C@H](O)[C@H](O)CO[C@@H]1O. The number of aliphatic hydroxyl groups excluding tert-OH is 3. The molecule has 60 valence electrons. The van der Waals surface area contributed by atoms with Gasteiger partial charge in [-0.1, -0.05) is 0 Å². The van der Waals surface area contributed by atoms with E-state index < -0.39 is 24.5 Å². The molecule has 1 rings (SSSR count). The fraction of sp³-hybridized carbons (Fsp3) is 1.00. The van der Waals surface area contributed by atoms with Crippen LogP contribution in [-0.4, -0.2) is 46.5 Å². The lowest BCUT2D eigenvalue weighted by Gasteiger charge is -2.32. The summed E-state index contributed by atoms with van der Waals surface area (Å²) in [6.07, 6.45) is -3.25. The van der Waals surface area contributed by atoms with Crippen molar-refractivity contribution in [2.75, 3.05) is 6.61 Å². The lowest BCUT2D eigenvalue weighted by atomic mass is 10.0. The highest BCUT2D eigenvalue weighted by Crippen LogP contribution is 2.10. The van der Waals surface area contributed by atoms with Crippen molar-refractivity contribution in [3.8, 4) is 0 Å². The monoisotopic (exact) mass is 149 g/mol. The number of nitrogens with two attached hydrogens (primary N) is 1. The first kappa shape index (κ1) is 7.90. The lowest BCUT2D eigenvalue weighted by Crippen LogP contribution is -2.57. The molecule has 1 aliphatic rings. The Morgan fingerprint density at radius 1 is 1.30 bits per heavy atom. The molecule has 0 amide bonds. The second-order valence-corrected chi connectivity index (χ2v) is 2.36. The molecule has 5 nitrogen and oxygen atoms in total. The predicted molar refractivity (Wildman–Crippen MR) is 31.9 cm³/mol. The molecule has 1 aliphatic heterocycles. The second kappa shape index (κ2) is 2.81. The van der Waals surface area contributed by atoms with Gasteiger partial charge < -0.3 is 25.8 Å². The zero-order valence-electron chi connectivity index (χ0n) is 5.34. The summed E-state index contributed by atoms with van der Waals surface area (Å²) in [5, 5.41) is 26.7. The summed E-state index contributed by atoms with van der Waals surface area (Å²) < 4.78 is 4.59. The molecule has 5 N–H and O–H groups in total. The van der Waals surface area contributed by atoms with Crippen molar-refractivity contribution in [1.82, 2.24) is 0 Å². The third kappa shape index (κ3) is 1.28. The molecule has 0 radical (unpaired) electrons. The van der Waals surface area contributed by atoms with Gasteiger partial charge in [-0.05, 0) is 0 Å². The van der Waals surface area contributed by atoms with Crippen molar-refractivity contribution in [1.29, 1.82) is 0 Å². The Morgan fingerprint density at radius 3 is 2.40 bits per heavy atom. The molecule has 1 heterocycles. The maximum atomic E-state index is 9.00. The molecule has 0 bridgehead atoms. The minimum Gasteiger partial charge on any atom is -0.389 e. The molecule has 1 fully saturated rings. The van der Waals surface area contributed by atoms with Crippen molar-refractivity contribution >= 4 is 0 Å². The number of hydrogen-bond donors (Lipinski definition) is 4. The standard InChI is InChI=1S/C5H11NO4/c6-3-4(8)2(7)1-10-5(3)9/h2-5,7-9H,1,6H2/t2-,3+,4-,5+/m1/s1. The smallest absolute Gasteiger partial charge is 0.172 e. The Balaban J connectivity index is 2.52. The van der Waals surface area contributed by atoms with Crippen LogP contribution in [0.4, 0.5) is 0 Å². The Bertz CT molecular complexity index is 106. The topological polar surface area (TPSA) is 95.9 Å². The van der Waals surface area contributed by atoms with Crippen molar-refractivity contribution in [3.63, 3.8) is 0 Å². The van der Waals surface area contributed by atoms with Crippen LogP contribution in [0.2, 0.25) is 0 Å². The van der Waals surface area contributed by atoms with E-state index in [1.54, 1.807) is 0 Å². The van der Waals surface area contributed by atoms with Crippen LogP contribution in [0.15, 0.2) is 0 Å². The van der Waals surface area contributed by atoms with Crippen molar-refractivity contribution in [3.05, 3.63) is 0 Å². The van der Waals surface area contributed by atoms with Gasteiger partial charge in [0, 0.05) is 0 Å². The van der Waals surface area contributed by atoms with Gasteiger partial charge in [0.1, 0.15) is 12.2 Å². The maximum Gasteiger partial charge on any atom is 0.172 e. The molecular weight excluding hydrogens is 138 g/mol. The van der Waals surface area contributed by atoms with Crippen molar-refractivity contribution < 1.29 is 20.1 Å². The molecule has 5 heteroatoms. The molecule has 0 aromatic carbocycles. The summed E-state index contributed by atoms with van der Waals surface area (Å²) >= 11 is 0. The quantitative estimate of drug-likeness (QED) is 0.302. The molecular formula is C5H11NO4. The molecule has 0 aromatic rings. The Kier molecular flexibility index (Phi) is 2.22. The Morgan fingerprint density at radius 2 is 1.90 bits per heavy atom. The van der Waals surface area contributed by atoms with Crippen LogP contribution in [0.25, 0.3) is 0 Å². The van der Waals surface area contributed by atoms with Gasteiger partial charge in [0.15, 0.2) is 6.29 Å². The third-order valence-corrected chi connectivity index (χ3v) is 1.56. The van der Waals surface area contributed by atoms with Gasteiger partial charge in [0.2, 0.25) is 0 Å². The van der Waals surface area contributed by atoms with Crippen LogP contribution in [-0.2, 0) is 4.74 Å². The normalized spacial score (nSPS) is 49.2. The molecule has 0 aromatic heterocycles. The highest BCUT2D eigenvalue weighted by atomic mass is 16.6. The van der Waals surface area contributed by atoms with Gasteiger partial charge in [-0.3, -0.25) is 0 Å². The van der Waals surface area contributed by atoms with E-state index in [1.807, 2.05) is 0 Å². The molecule has 0 spiro atoms. The average Bonchev–Trinajstić information content (AvgIpc) is 1.93. The van der Waals surface area contributed by atoms with E-state index in [9.17, 15) is 0 Å². The minimum atomic E-state index is -1.17. The molecule has 10 heavy (non-hydrogen) atoms. The summed E-state index contributed by atoms with van der Waals surface area (Å²) in [6.45, 7) is -0.0734. The summed E-state index contributed by atoms with van der Waals surface area (Å²) in [5.41, 5.74) is 5.23. The maximum absolute atomic E-state index is 9.00. The van der Waals surface area contributed by atoms with E-state index in [0.29, 0.717) is 0 Å². The zero-order valence-corrected chi connectivity index (χ0v) is 5.34. The van der Waals surface area contributed by atoms with Gasteiger partial charge in [0.25, 0.3) is 0 Å². The number of aliphatic hydroxyl groups is 3. The number of rotatable bonds is 0. The molecule has 1 saturated heterocycles. The van der Waals surface area contributed by atoms with Gasteiger partial charge in [-0.15, -0.1) is 0 Å². The van der Waals surface area contributed by atoms with E-state index in [1.165, 1.54) is 0 Å². The summed E-state index contributed by atoms with van der Waals surface area (Å²) in [4.78, 5) is 0. The highest BCUT2D eigenvalue weighted by molar-refractivity contribution is 4.84. The third-order valence-electron chi connectivity index (χ3n) is 1.56. The van der Waals surface area contributed by atoms with Gasteiger partial charge in [-0.25, -0.2) is 0 Å². The molecule has 0 unspecified atom stereocenters. The van der Waals surface area contributed by atoms with E-state index in [-0.39, 0.29) is 6.61 Å². The van der Waals surface area contributed by atoms with Crippen LogP contribution in [0.5, 0.6) is 0 Å². The number of ether oxygens (including phenoxy) is 1. The van der Waals surface area contributed by atoms with E-state index >= 15 is 0 Å². The minimum absolute atomic E-state index is 0.0734. The molecule has 0 aliphatic carbocycles. The average molecular weight is 149 g/mol. The summed E-state index contributed by atoms with van der Waals surface area (Å²) in [5.74, 6) is 0. The summed E-state index contributed by atoms with van der Waals surface area (Å²) in [7, 11) is 0. The fourth-order valence-electron chi connectivity index (χ4n) is 0.832. The van der Waals surface area contributed by atoms with Crippen LogP contribution >= 0.6 is 0 Å². The van der Waals surface area contributed by atoms with E-state index in [2.05, 4.69) is 4.74 Å². The fourth-order valence-corrected chi connectivity index (χ4v) is 0.832. The Hall–Kier alpha value is -0.200. The van der Waals surface area contributed by atoms with Crippen molar-refractivity contribution in [2.24, 2.45) is 5.73 Å². The van der Waals surface area contributed by atoms with E-state index in [4.69, 9.17) is 21.1 Å². The molecule has 0 saturated carbocycles. The zero-order chi connectivity index (χ0) is 7.72. The first-order chi connectivity index (χ1) is 4.63. The molecule has 4 atom stereocenters. The first-order valence-electron chi connectivity index (χ1n) is 3.04. The van der Waals surface area contributed by atoms with Crippen LogP contribution in [0.1, 0.15) is 0 Å². The van der Waals surface area contributed by atoms with Crippen molar-refractivity contribution in [2.45, 2.75) is 24.5 Å². The van der Waals surface area contributed by atoms with Crippen LogP contribution < -0.4 is 5.73 Å². The van der Waals surface area contributed by atoms with Crippen LogP contribution in [0.3, 0.4) is 0 Å². The highest BCUT2D eigenvalue weighted by Gasteiger charge is 2.34. The predicted octanol–water partition coefficient (Wildman–Crippen LogP) is -2.62. The summed E-state index contributed by atoms with van der Waals surface area (Å²) in [6, 6.07) is -0.913. The lowest BCUT2D eigenvalue weighted by molar-refractivity contribution is -0.205. The van der Waals surface area contributed by atoms with Gasteiger partial charge in [-0.2, -0.15) is 0 Å². The number of hydrogen-bond acceptors (Lipinski definition) is 5. The largest absolute Gasteiger partial charge is 0.389 e. The first-order valence-corrected chi connectivity index (χ1v) is 3.04. The van der Waals surface area contributed by atoms with Gasteiger partial charge in [0.05, 0.1) is 12.6 Å². The van der Waals surface area contributed by atoms with Crippen LogP contribution in [0, 0.1) is 0 Å². The van der Waals surface area contributed by atoms with E-state index in [0.717, 1.165) is 0 Å². The van der Waals surface area contributed by atoms with Gasteiger partial charge >= 0.3 is 0 Å². The second-order valence-electron chi connectivity index (χ2n) is 2.36.